The molecule has 0 spiro atoms. The van der Waals surface area contributed by atoms with Crippen LogP contribution >= 0.6 is 0 Å². The number of hydrogen-bond donors (Lipinski definition) is 0. The largest absolute Gasteiger partial charge is 0.416 e. The Morgan fingerprint density at radius 1 is 0.889 bits per heavy atom. The minimum Gasteiger partial charge on any atom is -0.166 e. The molecule has 3 rings (SSSR count). The summed E-state index contributed by atoms with van der Waals surface area (Å²) in [6.07, 6.45) is 1.38. The zero-order chi connectivity index (χ0) is 19.6. The highest BCUT2D eigenvalue weighted by atomic mass is 19.4. The van der Waals surface area contributed by atoms with Crippen LogP contribution in [-0.4, -0.2) is 0 Å². The first kappa shape index (κ1) is 19.5. The SMILES string of the molecule is C=C(CCC(=C)c1ccccc1C(F)(F)F)c1cc2c(cc1C)CCCC2. The van der Waals surface area contributed by atoms with Gasteiger partial charge < -0.3 is 0 Å². The quantitative estimate of drug-likeness (QED) is 0.514. The molecule has 1 aliphatic rings. The Hall–Kier alpha value is -2.29. The molecular formula is C24H25F3. The Morgan fingerprint density at radius 2 is 1.44 bits per heavy atom. The van der Waals surface area contributed by atoms with Gasteiger partial charge in [0.05, 0.1) is 5.56 Å². The second-order valence-corrected chi connectivity index (χ2v) is 7.39. The van der Waals surface area contributed by atoms with Crippen molar-refractivity contribution in [3.05, 3.63) is 82.9 Å². The van der Waals surface area contributed by atoms with Crippen LogP contribution in [-0.2, 0) is 19.0 Å². The van der Waals surface area contributed by atoms with Crippen LogP contribution in [0.3, 0.4) is 0 Å². The normalized spacial score (nSPS) is 13.9. The summed E-state index contributed by atoms with van der Waals surface area (Å²) in [7, 11) is 0. The molecule has 0 nitrogen and oxygen atoms in total. The van der Waals surface area contributed by atoms with E-state index in [1.54, 1.807) is 6.07 Å². The summed E-state index contributed by atoms with van der Waals surface area (Å²) in [4.78, 5) is 0. The van der Waals surface area contributed by atoms with Crippen molar-refractivity contribution in [1.29, 1.82) is 0 Å². The molecular weight excluding hydrogens is 345 g/mol. The Bertz CT molecular complexity index is 872. The molecule has 0 bridgehead atoms. The van der Waals surface area contributed by atoms with E-state index in [9.17, 15) is 13.2 Å². The minimum atomic E-state index is -4.37. The fourth-order valence-corrected chi connectivity index (χ4v) is 3.90. The summed E-state index contributed by atoms with van der Waals surface area (Å²) in [5.74, 6) is 0. The van der Waals surface area contributed by atoms with Crippen LogP contribution in [0, 0.1) is 6.92 Å². The lowest BCUT2D eigenvalue weighted by molar-refractivity contribution is -0.137. The zero-order valence-electron chi connectivity index (χ0n) is 15.8. The molecule has 0 radical (unpaired) electrons. The molecule has 0 heterocycles. The van der Waals surface area contributed by atoms with Crippen LogP contribution < -0.4 is 0 Å². The van der Waals surface area contributed by atoms with Crippen LogP contribution in [0.4, 0.5) is 13.2 Å². The van der Waals surface area contributed by atoms with Gasteiger partial charge in [0.15, 0.2) is 0 Å². The van der Waals surface area contributed by atoms with Gasteiger partial charge in [0.25, 0.3) is 0 Å². The lowest BCUT2D eigenvalue weighted by atomic mass is 9.85. The van der Waals surface area contributed by atoms with Gasteiger partial charge in [-0.3, -0.25) is 0 Å². The lowest BCUT2D eigenvalue weighted by Gasteiger charge is -2.20. The zero-order valence-corrected chi connectivity index (χ0v) is 15.8. The van der Waals surface area contributed by atoms with Crippen LogP contribution in [0.1, 0.15) is 59.1 Å². The molecule has 0 aliphatic heterocycles. The number of allylic oxidation sites excluding steroid dienone is 2. The second-order valence-electron chi connectivity index (χ2n) is 7.39. The lowest BCUT2D eigenvalue weighted by Crippen LogP contribution is -2.08. The third-order valence-electron chi connectivity index (χ3n) is 5.41. The summed E-state index contributed by atoms with van der Waals surface area (Å²) in [5.41, 5.74) is 6.18. The molecule has 0 atom stereocenters. The minimum absolute atomic E-state index is 0.181. The molecule has 0 saturated carbocycles. The number of fused-ring (bicyclic) bond motifs is 1. The van der Waals surface area contributed by atoms with Crippen LogP contribution in [0.15, 0.2) is 49.6 Å². The Morgan fingerprint density at radius 3 is 2.07 bits per heavy atom. The number of halogens is 3. The van der Waals surface area contributed by atoms with Gasteiger partial charge in [0.1, 0.15) is 0 Å². The van der Waals surface area contributed by atoms with E-state index in [0.29, 0.717) is 18.4 Å². The summed E-state index contributed by atoms with van der Waals surface area (Å²) in [5, 5.41) is 0. The Labute approximate surface area is 159 Å². The summed E-state index contributed by atoms with van der Waals surface area (Å²) < 4.78 is 39.7. The summed E-state index contributed by atoms with van der Waals surface area (Å²) in [6.45, 7) is 10.2. The molecule has 1 aliphatic carbocycles. The van der Waals surface area contributed by atoms with Crippen molar-refractivity contribution in [2.24, 2.45) is 0 Å². The highest BCUT2D eigenvalue weighted by Gasteiger charge is 2.33. The maximum Gasteiger partial charge on any atom is 0.416 e. The van der Waals surface area contributed by atoms with Gasteiger partial charge in [-0.15, -0.1) is 0 Å². The fraction of sp³-hybridized carbons (Fsp3) is 0.333. The van der Waals surface area contributed by atoms with Crippen LogP contribution in [0.2, 0.25) is 0 Å². The first-order chi connectivity index (χ1) is 12.8. The predicted molar refractivity (Wildman–Crippen MR) is 107 cm³/mol. The van der Waals surface area contributed by atoms with Gasteiger partial charge in [-0.05, 0) is 90.5 Å². The van der Waals surface area contributed by atoms with Gasteiger partial charge in [-0.2, -0.15) is 13.2 Å². The second kappa shape index (κ2) is 7.75. The van der Waals surface area contributed by atoms with Crippen molar-refractivity contribution in [1.82, 2.24) is 0 Å². The van der Waals surface area contributed by atoms with Crippen molar-refractivity contribution >= 4 is 11.1 Å². The number of hydrogen-bond acceptors (Lipinski definition) is 0. The predicted octanol–water partition coefficient (Wildman–Crippen LogP) is 7.40. The van der Waals surface area contributed by atoms with Crippen LogP contribution in [0.5, 0.6) is 0 Å². The molecule has 0 fully saturated rings. The van der Waals surface area contributed by atoms with Gasteiger partial charge in [0.2, 0.25) is 0 Å². The third-order valence-corrected chi connectivity index (χ3v) is 5.41. The van der Waals surface area contributed by atoms with Crippen molar-refractivity contribution in [3.8, 4) is 0 Å². The van der Waals surface area contributed by atoms with Crippen molar-refractivity contribution < 1.29 is 13.2 Å². The van der Waals surface area contributed by atoms with Crippen molar-refractivity contribution in [2.45, 2.75) is 51.6 Å². The topological polar surface area (TPSA) is 0 Å². The van der Waals surface area contributed by atoms with E-state index in [0.717, 1.165) is 30.0 Å². The molecule has 0 aromatic heterocycles. The first-order valence-electron chi connectivity index (χ1n) is 9.42. The Balaban J connectivity index is 1.74. The van der Waals surface area contributed by atoms with Gasteiger partial charge >= 0.3 is 6.18 Å². The highest BCUT2D eigenvalue weighted by Crippen LogP contribution is 2.37. The Kier molecular flexibility index (Phi) is 5.59. The van der Waals surface area contributed by atoms with Crippen molar-refractivity contribution in [3.63, 3.8) is 0 Å². The number of benzene rings is 2. The fourth-order valence-electron chi connectivity index (χ4n) is 3.90. The number of alkyl halides is 3. The molecule has 0 unspecified atom stereocenters. The van der Waals surface area contributed by atoms with Crippen LogP contribution in [0.25, 0.3) is 11.1 Å². The first-order valence-corrected chi connectivity index (χ1v) is 9.42. The number of rotatable bonds is 5. The molecule has 3 heteroatoms. The molecule has 2 aromatic carbocycles. The molecule has 27 heavy (non-hydrogen) atoms. The molecule has 2 aromatic rings. The third kappa shape index (κ3) is 4.35. The van der Waals surface area contributed by atoms with E-state index in [1.165, 1.54) is 41.7 Å². The maximum atomic E-state index is 13.2. The molecule has 0 N–H and O–H groups in total. The standard InChI is InChI=1S/C24H25F3/c1-16(21-10-6-7-11-23(21)24(25,26)27)12-13-17(2)22-15-20-9-5-4-8-19(20)14-18(22)3/h6-7,10-11,14-15H,1-2,4-5,8-9,12-13H2,3H3. The monoisotopic (exact) mass is 370 g/mol. The average Bonchev–Trinajstić information content (AvgIpc) is 2.64. The highest BCUT2D eigenvalue weighted by molar-refractivity contribution is 5.72. The summed E-state index contributed by atoms with van der Waals surface area (Å²) in [6, 6.07) is 10.1. The summed E-state index contributed by atoms with van der Waals surface area (Å²) >= 11 is 0. The molecule has 0 amide bonds. The number of aryl methyl sites for hydroxylation is 3. The maximum absolute atomic E-state index is 13.2. The van der Waals surface area contributed by atoms with Gasteiger partial charge in [0, 0.05) is 0 Å². The van der Waals surface area contributed by atoms with E-state index >= 15 is 0 Å². The van der Waals surface area contributed by atoms with E-state index in [2.05, 4.69) is 32.2 Å². The van der Waals surface area contributed by atoms with E-state index in [1.807, 2.05) is 0 Å². The smallest absolute Gasteiger partial charge is 0.166 e. The van der Waals surface area contributed by atoms with E-state index in [4.69, 9.17) is 0 Å². The van der Waals surface area contributed by atoms with E-state index < -0.39 is 11.7 Å². The van der Waals surface area contributed by atoms with Gasteiger partial charge in [-0.1, -0.05) is 43.5 Å². The van der Waals surface area contributed by atoms with Gasteiger partial charge in [-0.25, -0.2) is 0 Å². The molecule has 142 valence electrons. The van der Waals surface area contributed by atoms with E-state index in [-0.39, 0.29) is 5.56 Å². The average molecular weight is 370 g/mol. The molecule has 0 saturated heterocycles. The van der Waals surface area contributed by atoms with Crippen molar-refractivity contribution in [2.75, 3.05) is 0 Å².